The molecular weight excluding hydrogens is 258 g/mol. The van der Waals surface area contributed by atoms with Gasteiger partial charge in [0.1, 0.15) is 5.82 Å². The smallest absolute Gasteiger partial charge is 0.130 e. The first kappa shape index (κ1) is 13.4. The maximum atomic E-state index is 6.26. The predicted molar refractivity (Wildman–Crippen MR) is 87.5 cm³/mol. The Morgan fingerprint density at radius 2 is 1.67 bits per heavy atom. The highest BCUT2D eigenvalue weighted by atomic mass is 15.3. The minimum absolute atomic E-state index is 0.696. The minimum Gasteiger partial charge on any atom is -0.383 e. The van der Waals surface area contributed by atoms with E-state index in [1.807, 2.05) is 48.0 Å². The Morgan fingerprint density at radius 1 is 1.00 bits per heavy atom. The summed E-state index contributed by atoms with van der Waals surface area (Å²) >= 11 is 0. The average Bonchev–Trinajstić information content (AvgIpc) is 2.84. The number of anilines is 1. The Balaban J connectivity index is 2.18. The van der Waals surface area contributed by atoms with Crippen molar-refractivity contribution in [2.75, 3.05) is 5.73 Å². The van der Waals surface area contributed by atoms with Crippen molar-refractivity contribution in [1.29, 1.82) is 0 Å². The fraction of sp³-hybridized carbons (Fsp3) is 0.167. The van der Waals surface area contributed by atoms with Gasteiger partial charge in [0.2, 0.25) is 0 Å². The molecule has 0 fully saturated rings. The molecule has 0 radical (unpaired) electrons. The van der Waals surface area contributed by atoms with Gasteiger partial charge in [0.25, 0.3) is 0 Å². The van der Waals surface area contributed by atoms with E-state index in [-0.39, 0.29) is 0 Å². The molecule has 21 heavy (non-hydrogen) atoms. The quantitative estimate of drug-likeness (QED) is 0.786. The van der Waals surface area contributed by atoms with E-state index in [4.69, 9.17) is 10.8 Å². The normalized spacial score (nSPS) is 10.8. The van der Waals surface area contributed by atoms with Crippen LogP contribution in [0.2, 0.25) is 0 Å². The van der Waals surface area contributed by atoms with Crippen LogP contribution >= 0.6 is 0 Å². The Bertz CT molecular complexity index is 757. The average molecular weight is 277 g/mol. The summed E-state index contributed by atoms with van der Waals surface area (Å²) in [6.07, 6.45) is 0.980. The summed E-state index contributed by atoms with van der Waals surface area (Å²) in [5, 5.41) is 4.75. The maximum absolute atomic E-state index is 6.26. The van der Waals surface area contributed by atoms with Crippen LogP contribution in [0.25, 0.3) is 16.9 Å². The highest BCUT2D eigenvalue weighted by Gasteiger charge is 2.16. The molecule has 3 aromatic rings. The number of para-hydroxylation sites is 1. The number of hydrogen-bond acceptors (Lipinski definition) is 2. The number of rotatable bonds is 3. The summed E-state index contributed by atoms with van der Waals surface area (Å²) in [6.45, 7) is 4.19. The van der Waals surface area contributed by atoms with Gasteiger partial charge in [-0.25, -0.2) is 4.68 Å². The number of nitrogens with two attached hydrogens (primary N) is 1. The lowest BCUT2D eigenvalue weighted by Gasteiger charge is -2.05. The van der Waals surface area contributed by atoms with Crippen LogP contribution in [0.4, 0.5) is 5.82 Å². The molecule has 0 amide bonds. The Labute approximate surface area is 125 Å². The fourth-order valence-electron chi connectivity index (χ4n) is 2.59. The lowest BCUT2D eigenvalue weighted by atomic mass is 10.0. The summed E-state index contributed by atoms with van der Waals surface area (Å²) in [4.78, 5) is 0. The zero-order valence-electron chi connectivity index (χ0n) is 12.4. The van der Waals surface area contributed by atoms with Crippen molar-refractivity contribution in [3.8, 4) is 16.9 Å². The molecule has 3 heteroatoms. The van der Waals surface area contributed by atoms with E-state index in [0.717, 1.165) is 23.4 Å². The molecule has 1 heterocycles. The van der Waals surface area contributed by atoms with Crippen LogP contribution in [0.1, 0.15) is 18.1 Å². The molecule has 2 N–H and O–H groups in total. The molecule has 0 bridgehead atoms. The van der Waals surface area contributed by atoms with Gasteiger partial charge in [-0.3, -0.25) is 0 Å². The molecule has 0 saturated heterocycles. The second kappa shape index (κ2) is 5.44. The summed E-state index contributed by atoms with van der Waals surface area (Å²) in [7, 11) is 0. The Hall–Kier alpha value is -2.55. The van der Waals surface area contributed by atoms with Crippen molar-refractivity contribution in [3.63, 3.8) is 0 Å². The first-order valence-electron chi connectivity index (χ1n) is 7.21. The highest BCUT2D eigenvalue weighted by Crippen LogP contribution is 2.30. The van der Waals surface area contributed by atoms with Gasteiger partial charge in [0.05, 0.1) is 11.4 Å². The van der Waals surface area contributed by atoms with E-state index in [1.165, 1.54) is 11.1 Å². The monoisotopic (exact) mass is 277 g/mol. The van der Waals surface area contributed by atoms with Gasteiger partial charge in [0, 0.05) is 11.1 Å². The first-order valence-corrected chi connectivity index (χ1v) is 7.21. The lowest BCUT2D eigenvalue weighted by molar-refractivity contribution is 0.894. The Kier molecular flexibility index (Phi) is 3.48. The van der Waals surface area contributed by atoms with Crippen molar-refractivity contribution in [1.82, 2.24) is 9.78 Å². The molecule has 0 aliphatic heterocycles. The van der Waals surface area contributed by atoms with Crippen LogP contribution in [0, 0.1) is 6.92 Å². The van der Waals surface area contributed by atoms with E-state index in [1.54, 1.807) is 0 Å². The van der Waals surface area contributed by atoms with Crippen LogP contribution in [0.3, 0.4) is 0 Å². The summed E-state index contributed by atoms with van der Waals surface area (Å²) in [5.74, 6) is 0.696. The maximum Gasteiger partial charge on any atom is 0.130 e. The third kappa shape index (κ3) is 2.31. The first-order chi connectivity index (χ1) is 10.2. The topological polar surface area (TPSA) is 43.8 Å². The minimum atomic E-state index is 0.696. The van der Waals surface area contributed by atoms with Gasteiger partial charge in [-0.1, -0.05) is 49.4 Å². The summed E-state index contributed by atoms with van der Waals surface area (Å²) in [5.41, 5.74) is 11.7. The zero-order valence-corrected chi connectivity index (χ0v) is 12.4. The second-order valence-corrected chi connectivity index (χ2v) is 5.12. The largest absolute Gasteiger partial charge is 0.383 e. The van der Waals surface area contributed by atoms with Gasteiger partial charge in [-0.2, -0.15) is 5.10 Å². The molecular formula is C18H19N3. The Morgan fingerprint density at radius 3 is 2.38 bits per heavy atom. The summed E-state index contributed by atoms with van der Waals surface area (Å²) in [6, 6.07) is 18.4. The SMILES string of the molecule is CCc1ccccc1-c1nn(-c2ccccc2)c(N)c1C. The number of benzene rings is 2. The van der Waals surface area contributed by atoms with Crippen LogP contribution < -0.4 is 5.73 Å². The van der Waals surface area contributed by atoms with Gasteiger partial charge in [0.15, 0.2) is 0 Å². The van der Waals surface area contributed by atoms with Gasteiger partial charge in [-0.05, 0) is 31.0 Å². The second-order valence-electron chi connectivity index (χ2n) is 5.12. The van der Waals surface area contributed by atoms with Crippen molar-refractivity contribution in [2.24, 2.45) is 0 Å². The van der Waals surface area contributed by atoms with Gasteiger partial charge < -0.3 is 5.73 Å². The number of nitrogen functional groups attached to an aromatic ring is 1. The lowest BCUT2D eigenvalue weighted by Crippen LogP contribution is -2.01. The number of hydrogen-bond donors (Lipinski definition) is 1. The molecule has 0 atom stereocenters. The van der Waals surface area contributed by atoms with E-state index < -0.39 is 0 Å². The fourth-order valence-corrected chi connectivity index (χ4v) is 2.59. The predicted octanol–water partition coefficient (Wildman–Crippen LogP) is 3.99. The van der Waals surface area contributed by atoms with Crippen LogP contribution in [0.5, 0.6) is 0 Å². The van der Waals surface area contributed by atoms with E-state index in [9.17, 15) is 0 Å². The van der Waals surface area contributed by atoms with Crippen LogP contribution in [-0.2, 0) is 6.42 Å². The van der Waals surface area contributed by atoms with Crippen LogP contribution in [-0.4, -0.2) is 9.78 Å². The van der Waals surface area contributed by atoms with E-state index >= 15 is 0 Å². The summed E-state index contributed by atoms with van der Waals surface area (Å²) < 4.78 is 1.82. The number of aryl methyl sites for hydroxylation is 1. The molecule has 3 nitrogen and oxygen atoms in total. The van der Waals surface area contributed by atoms with Crippen molar-refractivity contribution in [3.05, 3.63) is 65.7 Å². The van der Waals surface area contributed by atoms with Gasteiger partial charge in [-0.15, -0.1) is 0 Å². The van der Waals surface area contributed by atoms with E-state index in [0.29, 0.717) is 5.82 Å². The molecule has 106 valence electrons. The molecule has 3 rings (SSSR count). The number of aromatic nitrogens is 2. The van der Waals surface area contributed by atoms with Crippen LogP contribution in [0.15, 0.2) is 54.6 Å². The van der Waals surface area contributed by atoms with Crippen molar-refractivity contribution in [2.45, 2.75) is 20.3 Å². The third-order valence-corrected chi connectivity index (χ3v) is 3.82. The molecule has 1 aromatic heterocycles. The number of nitrogens with zero attached hydrogens (tertiary/aromatic N) is 2. The molecule has 0 unspecified atom stereocenters. The zero-order chi connectivity index (χ0) is 14.8. The third-order valence-electron chi connectivity index (χ3n) is 3.82. The molecule has 0 saturated carbocycles. The van der Waals surface area contributed by atoms with Crippen molar-refractivity contribution >= 4 is 5.82 Å². The molecule has 0 aliphatic rings. The van der Waals surface area contributed by atoms with Crippen molar-refractivity contribution < 1.29 is 0 Å². The van der Waals surface area contributed by atoms with E-state index in [2.05, 4.69) is 25.1 Å². The molecule has 0 aliphatic carbocycles. The highest BCUT2D eigenvalue weighted by molar-refractivity contribution is 5.72. The molecule has 2 aromatic carbocycles. The standard InChI is InChI=1S/C18H19N3/c1-3-14-9-7-8-12-16(14)17-13(2)18(19)21(20-17)15-10-5-4-6-11-15/h4-12H,3,19H2,1-2H3. The van der Waals surface area contributed by atoms with Gasteiger partial charge >= 0.3 is 0 Å². The molecule has 0 spiro atoms.